The van der Waals surface area contributed by atoms with E-state index in [1.165, 1.54) is 23.9 Å². The predicted octanol–water partition coefficient (Wildman–Crippen LogP) is 2.38. The Hall–Kier alpha value is -2.08. The summed E-state index contributed by atoms with van der Waals surface area (Å²) in [6.07, 6.45) is 4.52. The van der Waals surface area contributed by atoms with Gasteiger partial charge in [0.2, 0.25) is 0 Å². The Morgan fingerprint density at radius 3 is 2.71 bits per heavy atom. The van der Waals surface area contributed by atoms with E-state index in [2.05, 4.69) is 5.32 Å². The second-order valence-electron chi connectivity index (χ2n) is 5.03. The zero-order valence-corrected chi connectivity index (χ0v) is 12.3. The maximum atomic E-state index is 12.2. The minimum absolute atomic E-state index is 0.00761. The first-order chi connectivity index (χ1) is 10.2. The highest BCUT2D eigenvalue weighted by atomic mass is 32.1. The van der Waals surface area contributed by atoms with E-state index < -0.39 is 0 Å². The summed E-state index contributed by atoms with van der Waals surface area (Å²) in [4.78, 5) is 26.7. The van der Waals surface area contributed by atoms with Gasteiger partial charge >= 0.3 is 0 Å². The van der Waals surface area contributed by atoms with Crippen LogP contribution in [0, 0.1) is 0 Å². The van der Waals surface area contributed by atoms with Crippen LogP contribution in [0.4, 0.5) is 0 Å². The number of amides is 2. The maximum Gasteiger partial charge on any atom is 0.261 e. The lowest BCUT2D eigenvalue weighted by molar-refractivity contribution is 0.0697. The summed E-state index contributed by atoms with van der Waals surface area (Å²) < 4.78 is 4.94. The average Bonchev–Trinajstić information content (AvgIpc) is 3.20. The largest absolute Gasteiger partial charge is 0.472 e. The molecule has 1 saturated heterocycles. The zero-order valence-electron chi connectivity index (χ0n) is 11.5. The van der Waals surface area contributed by atoms with Crippen molar-refractivity contribution in [3.63, 3.8) is 0 Å². The van der Waals surface area contributed by atoms with Crippen molar-refractivity contribution in [2.75, 3.05) is 13.1 Å². The second-order valence-corrected chi connectivity index (χ2v) is 5.98. The monoisotopic (exact) mass is 304 g/mol. The first kappa shape index (κ1) is 13.9. The van der Waals surface area contributed by atoms with E-state index in [4.69, 9.17) is 4.42 Å². The third-order valence-electron chi connectivity index (χ3n) is 3.63. The molecule has 21 heavy (non-hydrogen) atoms. The molecular weight excluding hydrogens is 288 g/mol. The number of hydrogen-bond donors (Lipinski definition) is 1. The van der Waals surface area contributed by atoms with E-state index in [0.29, 0.717) is 18.7 Å². The van der Waals surface area contributed by atoms with Gasteiger partial charge in [0.15, 0.2) is 0 Å². The molecule has 0 atom stereocenters. The van der Waals surface area contributed by atoms with Crippen LogP contribution >= 0.6 is 11.3 Å². The van der Waals surface area contributed by atoms with Crippen LogP contribution in [-0.4, -0.2) is 35.8 Å². The quantitative estimate of drug-likeness (QED) is 0.947. The molecule has 6 heteroatoms. The highest BCUT2D eigenvalue weighted by molar-refractivity contribution is 7.12. The average molecular weight is 304 g/mol. The zero-order chi connectivity index (χ0) is 14.7. The first-order valence-corrected chi connectivity index (χ1v) is 7.78. The molecule has 0 saturated carbocycles. The molecule has 1 N–H and O–H groups in total. The predicted molar refractivity (Wildman–Crippen MR) is 79.4 cm³/mol. The van der Waals surface area contributed by atoms with Gasteiger partial charge in [0.1, 0.15) is 6.26 Å². The molecular formula is C15H16N2O3S. The van der Waals surface area contributed by atoms with Gasteiger partial charge in [-0.05, 0) is 30.4 Å². The molecule has 0 aromatic carbocycles. The van der Waals surface area contributed by atoms with Crippen LogP contribution in [0.2, 0.25) is 0 Å². The Morgan fingerprint density at radius 1 is 1.29 bits per heavy atom. The molecule has 5 nitrogen and oxygen atoms in total. The molecule has 3 heterocycles. The van der Waals surface area contributed by atoms with Crippen LogP contribution in [0.15, 0.2) is 40.5 Å². The summed E-state index contributed by atoms with van der Waals surface area (Å²) >= 11 is 1.44. The topological polar surface area (TPSA) is 62.6 Å². The van der Waals surface area contributed by atoms with E-state index in [1.54, 1.807) is 11.0 Å². The Kier molecular flexibility index (Phi) is 4.06. The van der Waals surface area contributed by atoms with Gasteiger partial charge in [0.25, 0.3) is 11.8 Å². The van der Waals surface area contributed by atoms with Crippen LogP contribution < -0.4 is 5.32 Å². The van der Waals surface area contributed by atoms with Gasteiger partial charge in [0.05, 0.1) is 16.7 Å². The van der Waals surface area contributed by atoms with Gasteiger partial charge in [-0.1, -0.05) is 6.07 Å². The van der Waals surface area contributed by atoms with Gasteiger partial charge in [-0.3, -0.25) is 9.59 Å². The molecule has 1 aliphatic heterocycles. The fourth-order valence-corrected chi connectivity index (χ4v) is 3.09. The Morgan fingerprint density at radius 2 is 2.10 bits per heavy atom. The van der Waals surface area contributed by atoms with Crippen molar-refractivity contribution in [2.45, 2.75) is 18.9 Å². The van der Waals surface area contributed by atoms with Crippen molar-refractivity contribution in [3.8, 4) is 0 Å². The first-order valence-electron chi connectivity index (χ1n) is 6.90. The lowest BCUT2D eigenvalue weighted by atomic mass is 10.0. The number of nitrogens with zero attached hydrogens (tertiary/aromatic N) is 1. The van der Waals surface area contributed by atoms with Crippen LogP contribution in [-0.2, 0) is 0 Å². The van der Waals surface area contributed by atoms with Gasteiger partial charge in [-0.25, -0.2) is 0 Å². The molecule has 2 amide bonds. The van der Waals surface area contributed by atoms with E-state index in [0.717, 1.165) is 17.7 Å². The molecule has 2 aromatic heterocycles. The number of carbonyl (C=O) groups is 2. The molecule has 1 aliphatic rings. The van der Waals surface area contributed by atoms with Crippen molar-refractivity contribution in [3.05, 3.63) is 46.5 Å². The number of furan rings is 1. The van der Waals surface area contributed by atoms with Crippen LogP contribution in [0.5, 0.6) is 0 Å². The fourth-order valence-electron chi connectivity index (χ4n) is 2.46. The van der Waals surface area contributed by atoms with Gasteiger partial charge in [-0.2, -0.15) is 0 Å². The second kappa shape index (κ2) is 6.13. The standard InChI is InChI=1S/C15H16N2O3S/c18-14(13-2-1-9-21-13)16-12-3-6-17(7-4-12)15(19)11-5-8-20-10-11/h1-2,5,8-10,12H,3-4,6-7H2,(H,16,18). The summed E-state index contributed by atoms with van der Waals surface area (Å²) in [6.45, 7) is 1.30. The Balaban J connectivity index is 1.51. The number of piperidine rings is 1. The van der Waals surface area contributed by atoms with Gasteiger partial charge in [0, 0.05) is 19.1 Å². The lowest BCUT2D eigenvalue weighted by Crippen LogP contribution is -2.46. The third kappa shape index (κ3) is 3.16. The van der Waals surface area contributed by atoms with Crippen molar-refractivity contribution in [2.24, 2.45) is 0 Å². The van der Waals surface area contributed by atoms with E-state index in [9.17, 15) is 9.59 Å². The summed E-state index contributed by atoms with van der Waals surface area (Å²) in [5.74, 6) is -0.0311. The summed E-state index contributed by atoms with van der Waals surface area (Å²) in [6, 6.07) is 5.49. The van der Waals surface area contributed by atoms with Crippen molar-refractivity contribution in [1.29, 1.82) is 0 Å². The molecule has 0 bridgehead atoms. The van der Waals surface area contributed by atoms with E-state index in [-0.39, 0.29) is 17.9 Å². The smallest absolute Gasteiger partial charge is 0.261 e. The number of carbonyl (C=O) groups excluding carboxylic acids is 2. The number of rotatable bonds is 3. The van der Waals surface area contributed by atoms with E-state index >= 15 is 0 Å². The highest BCUT2D eigenvalue weighted by Crippen LogP contribution is 2.16. The van der Waals surface area contributed by atoms with Crippen molar-refractivity contribution >= 4 is 23.2 Å². The summed E-state index contributed by atoms with van der Waals surface area (Å²) in [7, 11) is 0. The van der Waals surface area contributed by atoms with Crippen LogP contribution in [0.1, 0.15) is 32.9 Å². The van der Waals surface area contributed by atoms with Crippen LogP contribution in [0.25, 0.3) is 0 Å². The lowest BCUT2D eigenvalue weighted by Gasteiger charge is -2.32. The molecule has 110 valence electrons. The Labute approximate surface area is 126 Å². The SMILES string of the molecule is O=C(NC1CCN(C(=O)c2ccoc2)CC1)c1cccs1. The maximum absolute atomic E-state index is 12.2. The molecule has 2 aromatic rings. The molecule has 1 fully saturated rings. The Bertz CT molecular complexity index is 599. The summed E-state index contributed by atoms with van der Waals surface area (Å²) in [5.41, 5.74) is 0.580. The van der Waals surface area contributed by atoms with Crippen LogP contribution in [0.3, 0.4) is 0 Å². The minimum Gasteiger partial charge on any atom is -0.472 e. The molecule has 0 unspecified atom stereocenters. The highest BCUT2D eigenvalue weighted by Gasteiger charge is 2.25. The minimum atomic E-state index is -0.0235. The number of likely N-dealkylation sites (tertiary alicyclic amines) is 1. The van der Waals surface area contributed by atoms with E-state index in [1.807, 2.05) is 17.5 Å². The number of hydrogen-bond acceptors (Lipinski definition) is 4. The fraction of sp³-hybridized carbons (Fsp3) is 0.333. The molecule has 0 spiro atoms. The molecule has 0 aliphatic carbocycles. The number of thiophene rings is 1. The summed E-state index contributed by atoms with van der Waals surface area (Å²) in [5, 5.41) is 4.92. The molecule has 3 rings (SSSR count). The third-order valence-corrected chi connectivity index (χ3v) is 4.50. The number of nitrogens with one attached hydrogen (secondary N) is 1. The molecule has 0 radical (unpaired) electrons. The van der Waals surface area contributed by atoms with Crippen molar-refractivity contribution < 1.29 is 14.0 Å². The normalized spacial score (nSPS) is 15.9. The van der Waals surface area contributed by atoms with Crippen molar-refractivity contribution in [1.82, 2.24) is 10.2 Å². The van der Waals surface area contributed by atoms with Gasteiger partial charge in [-0.15, -0.1) is 11.3 Å². The van der Waals surface area contributed by atoms with Gasteiger partial charge < -0.3 is 14.6 Å².